The summed E-state index contributed by atoms with van der Waals surface area (Å²) in [5, 5.41) is 13.9. The van der Waals surface area contributed by atoms with Crippen molar-refractivity contribution in [1.82, 2.24) is 10.3 Å². The lowest BCUT2D eigenvalue weighted by atomic mass is 10.2. The van der Waals surface area contributed by atoms with Crippen LogP contribution in [0.5, 0.6) is 5.75 Å². The maximum Gasteiger partial charge on any atom is 0.304 e. The number of carbonyl (C=O) groups is 2. The second-order valence-electron chi connectivity index (χ2n) is 5.01. The number of hydrogen-bond acceptors (Lipinski definition) is 7. The molecular formula is C17H20N2O4S3. The Labute approximate surface area is 164 Å². The van der Waals surface area contributed by atoms with Gasteiger partial charge in [0.25, 0.3) is 5.91 Å². The Morgan fingerprint density at radius 1 is 1.27 bits per heavy atom. The molecule has 0 saturated carbocycles. The zero-order valence-corrected chi connectivity index (χ0v) is 16.7. The molecule has 9 heteroatoms. The minimum atomic E-state index is -0.795. The predicted octanol–water partition coefficient (Wildman–Crippen LogP) is 3.79. The molecule has 0 aliphatic rings. The number of aromatic nitrogens is 1. The molecule has 0 aliphatic carbocycles. The van der Waals surface area contributed by atoms with Gasteiger partial charge in [0.1, 0.15) is 16.5 Å². The highest BCUT2D eigenvalue weighted by Crippen LogP contribution is 2.32. The zero-order valence-electron chi connectivity index (χ0n) is 14.3. The van der Waals surface area contributed by atoms with Crippen molar-refractivity contribution in [3.8, 4) is 16.3 Å². The van der Waals surface area contributed by atoms with Gasteiger partial charge in [0.15, 0.2) is 0 Å². The van der Waals surface area contributed by atoms with Crippen LogP contribution in [0.15, 0.2) is 29.6 Å². The molecule has 26 heavy (non-hydrogen) atoms. The van der Waals surface area contributed by atoms with Gasteiger partial charge < -0.3 is 15.2 Å². The molecule has 0 saturated heterocycles. The quantitative estimate of drug-likeness (QED) is 0.429. The number of rotatable bonds is 11. The average molecular weight is 413 g/mol. The first kappa shape index (κ1) is 20.6. The Morgan fingerprint density at radius 3 is 2.81 bits per heavy atom. The van der Waals surface area contributed by atoms with E-state index in [1.54, 1.807) is 16.2 Å². The Hall–Kier alpha value is -1.71. The van der Waals surface area contributed by atoms with Gasteiger partial charge in [0.05, 0.1) is 18.6 Å². The maximum absolute atomic E-state index is 12.2. The first-order valence-corrected chi connectivity index (χ1v) is 11.4. The molecule has 0 bridgehead atoms. The van der Waals surface area contributed by atoms with Gasteiger partial charge in [0.2, 0.25) is 0 Å². The lowest BCUT2D eigenvalue weighted by Crippen LogP contribution is -2.25. The number of carboxylic acids is 1. The third kappa shape index (κ3) is 6.54. The average Bonchev–Trinajstić information content (AvgIpc) is 3.11. The highest BCUT2D eigenvalue weighted by Gasteiger charge is 2.14. The maximum atomic E-state index is 12.2. The molecule has 0 spiro atoms. The van der Waals surface area contributed by atoms with Crippen LogP contribution in [0.4, 0.5) is 0 Å². The molecule has 1 aromatic heterocycles. The number of para-hydroxylation sites is 1. The van der Waals surface area contributed by atoms with E-state index in [1.165, 1.54) is 22.1 Å². The second-order valence-corrected chi connectivity index (χ2v) is 8.57. The molecule has 1 amide bonds. The molecule has 140 valence electrons. The van der Waals surface area contributed by atoms with Crippen LogP contribution in [-0.2, 0) is 4.79 Å². The van der Waals surface area contributed by atoms with Crippen LogP contribution < -0.4 is 10.1 Å². The summed E-state index contributed by atoms with van der Waals surface area (Å²) in [6.07, 6.45) is 0.148. The highest BCUT2D eigenvalue weighted by molar-refractivity contribution is 8.76. The lowest BCUT2D eigenvalue weighted by molar-refractivity contribution is -0.136. The van der Waals surface area contributed by atoms with E-state index in [4.69, 9.17) is 9.84 Å². The molecule has 0 fully saturated rings. The summed E-state index contributed by atoms with van der Waals surface area (Å²) in [6.45, 7) is 3.00. The van der Waals surface area contributed by atoms with Crippen LogP contribution in [0.3, 0.4) is 0 Å². The van der Waals surface area contributed by atoms with E-state index < -0.39 is 5.97 Å². The fourth-order valence-electron chi connectivity index (χ4n) is 1.97. The SMILES string of the molecule is CCOc1ccccc1-c1nc(C(=O)NCCSSCCC(=O)O)cs1. The monoisotopic (exact) mass is 412 g/mol. The summed E-state index contributed by atoms with van der Waals surface area (Å²) < 4.78 is 5.61. The van der Waals surface area contributed by atoms with E-state index in [1.807, 2.05) is 31.2 Å². The number of nitrogens with one attached hydrogen (secondary N) is 1. The first-order chi connectivity index (χ1) is 12.6. The standard InChI is InChI=1S/C17H20N2O4S3/c1-2-23-14-6-4-3-5-12(14)17-19-13(11-24-17)16(22)18-8-10-26-25-9-7-15(20)21/h3-6,11H,2,7-10H2,1H3,(H,18,22)(H,20,21). The summed E-state index contributed by atoms with van der Waals surface area (Å²) >= 11 is 1.41. The number of aliphatic carboxylic acids is 1. The van der Waals surface area contributed by atoms with Gasteiger partial charge in [-0.1, -0.05) is 33.7 Å². The van der Waals surface area contributed by atoms with Crippen molar-refractivity contribution in [2.24, 2.45) is 0 Å². The van der Waals surface area contributed by atoms with Gasteiger partial charge in [-0.3, -0.25) is 9.59 Å². The minimum Gasteiger partial charge on any atom is -0.493 e. The normalized spacial score (nSPS) is 10.5. The molecule has 1 aromatic carbocycles. The summed E-state index contributed by atoms with van der Waals surface area (Å²) in [5.74, 6) is 1.02. The number of amides is 1. The Morgan fingerprint density at radius 2 is 2.04 bits per heavy atom. The van der Waals surface area contributed by atoms with Crippen molar-refractivity contribution in [3.05, 3.63) is 35.3 Å². The largest absolute Gasteiger partial charge is 0.493 e. The molecule has 2 aromatic rings. The van der Waals surface area contributed by atoms with Gasteiger partial charge in [-0.15, -0.1) is 11.3 Å². The van der Waals surface area contributed by atoms with Crippen molar-refractivity contribution in [2.75, 3.05) is 24.7 Å². The molecule has 2 N–H and O–H groups in total. The van der Waals surface area contributed by atoms with Crippen molar-refractivity contribution in [3.63, 3.8) is 0 Å². The van der Waals surface area contributed by atoms with Gasteiger partial charge in [0, 0.05) is 23.4 Å². The van der Waals surface area contributed by atoms with Crippen LogP contribution in [0.1, 0.15) is 23.8 Å². The third-order valence-electron chi connectivity index (χ3n) is 3.11. The fourth-order valence-corrected chi connectivity index (χ4v) is 4.69. The highest BCUT2D eigenvalue weighted by atomic mass is 33.1. The van der Waals surface area contributed by atoms with Crippen LogP contribution in [-0.4, -0.2) is 46.6 Å². The van der Waals surface area contributed by atoms with Gasteiger partial charge >= 0.3 is 5.97 Å². The Balaban J connectivity index is 1.82. The second kappa shape index (κ2) is 11.1. The topological polar surface area (TPSA) is 88.5 Å². The molecule has 2 rings (SSSR count). The van der Waals surface area contributed by atoms with E-state index in [2.05, 4.69) is 10.3 Å². The summed E-state index contributed by atoms with van der Waals surface area (Å²) in [5.41, 5.74) is 1.27. The number of thiazole rings is 1. The number of nitrogens with zero attached hydrogens (tertiary/aromatic N) is 1. The minimum absolute atomic E-state index is 0.148. The summed E-state index contributed by atoms with van der Waals surface area (Å²) in [6, 6.07) is 7.63. The Bertz CT molecular complexity index is 736. The van der Waals surface area contributed by atoms with E-state index >= 15 is 0 Å². The van der Waals surface area contributed by atoms with Crippen LogP contribution in [0, 0.1) is 0 Å². The van der Waals surface area contributed by atoms with Crippen molar-refractivity contribution in [2.45, 2.75) is 13.3 Å². The molecule has 6 nitrogen and oxygen atoms in total. The number of carbonyl (C=O) groups excluding carboxylic acids is 1. The smallest absolute Gasteiger partial charge is 0.304 e. The molecule has 0 radical (unpaired) electrons. The van der Waals surface area contributed by atoms with Crippen LogP contribution in [0.25, 0.3) is 10.6 Å². The summed E-state index contributed by atoms with van der Waals surface area (Å²) in [4.78, 5) is 27.0. The van der Waals surface area contributed by atoms with Crippen LogP contribution >= 0.6 is 32.9 Å². The molecular weight excluding hydrogens is 392 g/mol. The molecule has 0 unspecified atom stereocenters. The van der Waals surface area contributed by atoms with Crippen molar-refractivity contribution in [1.29, 1.82) is 0 Å². The number of ether oxygens (including phenoxy) is 1. The van der Waals surface area contributed by atoms with E-state index in [-0.39, 0.29) is 12.3 Å². The Kier molecular flexibility index (Phi) is 8.79. The van der Waals surface area contributed by atoms with Gasteiger partial charge in [-0.05, 0) is 19.1 Å². The van der Waals surface area contributed by atoms with Gasteiger partial charge in [-0.25, -0.2) is 4.98 Å². The first-order valence-electron chi connectivity index (χ1n) is 8.04. The van der Waals surface area contributed by atoms with E-state index in [0.717, 1.165) is 16.3 Å². The number of carboxylic acid groups (broad SMARTS) is 1. The molecule has 0 atom stereocenters. The molecule has 0 aliphatic heterocycles. The number of benzene rings is 1. The van der Waals surface area contributed by atoms with Crippen molar-refractivity contribution < 1.29 is 19.4 Å². The van der Waals surface area contributed by atoms with Gasteiger partial charge in [-0.2, -0.15) is 0 Å². The summed E-state index contributed by atoms with van der Waals surface area (Å²) in [7, 11) is 3.04. The third-order valence-corrected chi connectivity index (χ3v) is 6.39. The van der Waals surface area contributed by atoms with Crippen LogP contribution in [0.2, 0.25) is 0 Å². The van der Waals surface area contributed by atoms with E-state index in [9.17, 15) is 9.59 Å². The van der Waals surface area contributed by atoms with Crippen molar-refractivity contribution >= 4 is 44.8 Å². The van der Waals surface area contributed by atoms with E-state index in [0.29, 0.717) is 30.4 Å². The molecule has 1 heterocycles. The lowest BCUT2D eigenvalue weighted by Gasteiger charge is -2.07. The number of hydrogen-bond donors (Lipinski definition) is 2. The predicted molar refractivity (Wildman–Crippen MR) is 108 cm³/mol. The zero-order chi connectivity index (χ0) is 18.8. The fraction of sp³-hybridized carbons (Fsp3) is 0.353.